The van der Waals surface area contributed by atoms with Crippen molar-refractivity contribution in [2.45, 2.75) is 38.3 Å². The molecule has 0 aliphatic heterocycles. The Morgan fingerprint density at radius 3 is 2.96 bits per heavy atom. The van der Waals surface area contributed by atoms with Gasteiger partial charge in [0.15, 0.2) is 0 Å². The third kappa shape index (κ3) is 3.84. The van der Waals surface area contributed by atoms with E-state index in [2.05, 4.69) is 15.4 Å². The van der Waals surface area contributed by atoms with Gasteiger partial charge in [0.25, 0.3) is 0 Å². The minimum absolute atomic E-state index is 0.181. The van der Waals surface area contributed by atoms with E-state index in [1.165, 1.54) is 18.5 Å². The summed E-state index contributed by atoms with van der Waals surface area (Å²) in [6.45, 7) is -2.50. The van der Waals surface area contributed by atoms with Crippen molar-refractivity contribution in [1.29, 1.82) is 0 Å². The number of nitrogens with zero attached hydrogens (tertiary/aromatic N) is 3. The highest BCUT2D eigenvalue weighted by Gasteiger charge is 2.23. The van der Waals surface area contributed by atoms with Crippen LogP contribution in [0.1, 0.15) is 32.2 Å². The van der Waals surface area contributed by atoms with Crippen LogP contribution in [0.4, 0.5) is 14.5 Å². The summed E-state index contributed by atoms with van der Waals surface area (Å²) in [5.74, 6) is 0.287. The fourth-order valence-corrected chi connectivity index (χ4v) is 3.31. The zero-order chi connectivity index (χ0) is 17.1. The van der Waals surface area contributed by atoms with Crippen LogP contribution in [0.5, 0.6) is 0 Å². The van der Waals surface area contributed by atoms with Crippen molar-refractivity contribution in [3.8, 4) is 11.3 Å². The van der Waals surface area contributed by atoms with E-state index >= 15 is 0 Å². The number of halogens is 3. The predicted octanol–water partition coefficient (Wildman–Crippen LogP) is 3.96. The van der Waals surface area contributed by atoms with Crippen molar-refractivity contribution >= 4 is 17.3 Å². The van der Waals surface area contributed by atoms with E-state index in [-0.39, 0.29) is 18.6 Å². The van der Waals surface area contributed by atoms with Crippen LogP contribution < -0.4 is 5.32 Å². The van der Waals surface area contributed by atoms with Crippen LogP contribution in [-0.4, -0.2) is 32.5 Å². The van der Waals surface area contributed by atoms with Gasteiger partial charge in [0, 0.05) is 36.3 Å². The monoisotopic (exact) mass is 356 g/mol. The molecule has 1 aliphatic rings. The number of hydrogen-bond donors (Lipinski definition) is 2. The van der Waals surface area contributed by atoms with Gasteiger partial charge in [0.2, 0.25) is 0 Å². The molecule has 0 saturated heterocycles. The molecular formula is C16H19ClF2N4O. The molecule has 2 heterocycles. The molecule has 2 atom stereocenters. The van der Waals surface area contributed by atoms with E-state index in [0.29, 0.717) is 21.1 Å². The SMILES string of the molecule is OC[C@H]1CCC[C@H](Nc2cc(Cl)ncc2-c2ccn(C(F)F)n2)C1. The molecule has 3 rings (SSSR count). The molecule has 1 saturated carbocycles. The van der Waals surface area contributed by atoms with Gasteiger partial charge < -0.3 is 10.4 Å². The van der Waals surface area contributed by atoms with E-state index in [1.54, 1.807) is 6.07 Å². The number of alkyl halides is 2. The van der Waals surface area contributed by atoms with Gasteiger partial charge in [0.05, 0.1) is 5.69 Å². The Kier molecular flexibility index (Phi) is 5.30. The molecule has 130 valence electrons. The number of aliphatic hydroxyl groups is 1. The first kappa shape index (κ1) is 17.1. The summed E-state index contributed by atoms with van der Waals surface area (Å²) in [5.41, 5.74) is 1.76. The number of anilines is 1. The predicted molar refractivity (Wildman–Crippen MR) is 88.2 cm³/mol. The van der Waals surface area contributed by atoms with Crippen LogP contribution in [0.15, 0.2) is 24.5 Å². The van der Waals surface area contributed by atoms with E-state index in [0.717, 1.165) is 31.4 Å². The first-order valence-corrected chi connectivity index (χ1v) is 8.31. The normalized spacial score (nSPS) is 21.2. The zero-order valence-electron chi connectivity index (χ0n) is 13.0. The maximum Gasteiger partial charge on any atom is 0.333 e. The molecule has 5 nitrogen and oxygen atoms in total. The van der Waals surface area contributed by atoms with Crippen molar-refractivity contribution in [2.75, 3.05) is 11.9 Å². The Bertz CT molecular complexity index is 694. The maximum absolute atomic E-state index is 12.7. The molecule has 1 aliphatic carbocycles. The lowest BCUT2D eigenvalue weighted by Crippen LogP contribution is -2.29. The van der Waals surface area contributed by atoms with Crippen molar-refractivity contribution in [1.82, 2.24) is 14.8 Å². The van der Waals surface area contributed by atoms with Gasteiger partial charge in [-0.3, -0.25) is 0 Å². The summed E-state index contributed by atoms with van der Waals surface area (Å²) >= 11 is 6.00. The van der Waals surface area contributed by atoms with Gasteiger partial charge in [-0.25, -0.2) is 9.67 Å². The number of nitrogens with one attached hydrogen (secondary N) is 1. The van der Waals surface area contributed by atoms with Gasteiger partial charge in [-0.05, 0) is 37.3 Å². The van der Waals surface area contributed by atoms with E-state index < -0.39 is 6.55 Å². The summed E-state index contributed by atoms with van der Waals surface area (Å²) in [5, 5.41) is 17.0. The summed E-state index contributed by atoms with van der Waals surface area (Å²) in [7, 11) is 0. The number of pyridine rings is 1. The molecule has 0 unspecified atom stereocenters. The van der Waals surface area contributed by atoms with E-state index in [9.17, 15) is 13.9 Å². The molecule has 0 spiro atoms. The number of hydrogen-bond acceptors (Lipinski definition) is 4. The van der Waals surface area contributed by atoms with Crippen LogP contribution >= 0.6 is 11.6 Å². The zero-order valence-corrected chi connectivity index (χ0v) is 13.8. The van der Waals surface area contributed by atoms with E-state index in [4.69, 9.17) is 11.6 Å². The molecule has 8 heteroatoms. The first-order valence-electron chi connectivity index (χ1n) is 7.93. The lowest BCUT2D eigenvalue weighted by molar-refractivity contribution is 0.0568. The maximum atomic E-state index is 12.7. The average molecular weight is 357 g/mol. The highest BCUT2D eigenvalue weighted by atomic mass is 35.5. The fourth-order valence-electron chi connectivity index (χ4n) is 3.15. The Morgan fingerprint density at radius 1 is 1.42 bits per heavy atom. The molecular weight excluding hydrogens is 338 g/mol. The molecule has 0 radical (unpaired) electrons. The second-order valence-corrected chi connectivity index (χ2v) is 6.45. The second-order valence-electron chi connectivity index (χ2n) is 6.07. The van der Waals surface area contributed by atoms with Crippen molar-refractivity contribution < 1.29 is 13.9 Å². The van der Waals surface area contributed by atoms with E-state index in [1.807, 2.05) is 0 Å². The lowest BCUT2D eigenvalue weighted by Gasteiger charge is -2.30. The molecule has 1 fully saturated rings. The summed E-state index contributed by atoms with van der Waals surface area (Å²) in [6, 6.07) is 3.41. The fraction of sp³-hybridized carbons (Fsp3) is 0.500. The minimum Gasteiger partial charge on any atom is -0.396 e. The molecule has 2 aromatic heterocycles. The smallest absolute Gasteiger partial charge is 0.333 e. The third-order valence-electron chi connectivity index (χ3n) is 4.36. The van der Waals surface area contributed by atoms with Crippen LogP contribution in [0.2, 0.25) is 5.15 Å². The Hall–Kier alpha value is -1.73. The average Bonchev–Trinajstić information content (AvgIpc) is 3.05. The summed E-state index contributed by atoms with van der Waals surface area (Å²) in [4.78, 5) is 4.04. The highest BCUT2D eigenvalue weighted by molar-refractivity contribution is 6.29. The van der Waals surface area contributed by atoms with Crippen LogP contribution in [0.25, 0.3) is 11.3 Å². The molecule has 2 N–H and O–H groups in total. The first-order chi connectivity index (χ1) is 11.6. The Balaban J connectivity index is 1.85. The largest absolute Gasteiger partial charge is 0.396 e. The molecule has 0 bridgehead atoms. The van der Waals surface area contributed by atoms with Gasteiger partial charge in [-0.15, -0.1) is 0 Å². The molecule has 24 heavy (non-hydrogen) atoms. The number of aliphatic hydroxyl groups excluding tert-OH is 1. The third-order valence-corrected chi connectivity index (χ3v) is 4.56. The van der Waals surface area contributed by atoms with Gasteiger partial charge >= 0.3 is 6.55 Å². The topological polar surface area (TPSA) is 63.0 Å². The van der Waals surface area contributed by atoms with Crippen molar-refractivity contribution in [3.05, 3.63) is 29.7 Å². The Labute approximate surface area is 143 Å². The summed E-state index contributed by atoms with van der Waals surface area (Å²) in [6.07, 6.45) is 6.69. The Morgan fingerprint density at radius 2 is 2.25 bits per heavy atom. The minimum atomic E-state index is -2.68. The van der Waals surface area contributed by atoms with Gasteiger partial charge in [-0.1, -0.05) is 18.0 Å². The van der Waals surface area contributed by atoms with Crippen LogP contribution in [0.3, 0.4) is 0 Å². The number of aromatic nitrogens is 3. The van der Waals surface area contributed by atoms with Gasteiger partial charge in [0.1, 0.15) is 5.15 Å². The highest BCUT2D eigenvalue weighted by Crippen LogP contribution is 2.32. The van der Waals surface area contributed by atoms with Crippen molar-refractivity contribution in [3.63, 3.8) is 0 Å². The lowest BCUT2D eigenvalue weighted by atomic mass is 9.86. The number of rotatable bonds is 5. The standard InChI is InChI=1S/C16H19ClF2N4O/c17-15-7-14(21-11-3-1-2-10(6-11)9-24)12(8-20-15)13-4-5-23(22-13)16(18)19/h4-5,7-8,10-11,16,24H,1-3,6,9H2,(H,20,21)/t10-,11-/m0/s1. The van der Waals surface area contributed by atoms with Crippen LogP contribution in [0, 0.1) is 5.92 Å². The molecule has 0 aromatic carbocycles. The van der Waals surface area contributed by atoms with Crippen molar-refractivity contribution in [2.24, 2.45) is 5.92 Å². The quantitative estimate of drug-likeness (QED) is 0.796. The molecule has 2 aromatic rings. The second kappa shape index (κ2) is 7.44. The van der Waals surface area contributed by atoms with Gasteiger partial charge in [-0.2, -0.15) is 13.9 Å². The molecule has 0 amide bonds. The summed E-state index contributed by atoms with van der Waals surface area (Å²) < 4.78 is 26.1. The van der Waals surface area contributed by atoms with Crippen LogP contribution in [-0.2, 0) is 0 Å².